The number of para-hydroxylation sites is 1. The highest BCUT2D eigenvalue weighted by Gasteiger charge is 2.21. The third-order valence-electron chi connectivity index (χ3n) is 10.8. The first kappa shape index (κ1) is 26.2. The predicted molar refractivity (Wildman–Crippen MR) is 245 cm³/mol. The standard InChI is InChI=1S/C56H37NO/c1-2-12-38(13-3-1)40-28-32-46(33-29-40)57(47-34-30-41(31-35-47)39-24-26-43(27-25-39)49-20-10-17-42-14-6-7-18-48(42)49)53-22-9-8-19-50(53)51-21-11-23-54-56(51)52-36-44-15-4-5-16-45(44)37-55(52)58-54/h1-37H/i28D,29D,30D,31D,32D,33D,34D,35D. The molecule has 0 unspecified atom stereocenters. The average molecular weight is 748 g/mol. The summed E-state index contributed by atoms with van der Waals surface area (Å²) in [6, 6.07) is 52.6. The topological polar surface area (TPSA) is 16.4 Å². The van der Waals surface area contributed by atoms with Crippen molar-refractivity contribution in [2.45, 2.75) is 0 Å². The lowest BCUT2D eigenvalue weighted by atomic mass is 9.95. The number of nitrogens with zero attached hydrogens (tertiary/aromatic N) is 1. The van der Waals surface area contributed by atoms with Crippen molar-refractivity contribution in [3.8, 4) is 44.5 Å². The summed E-state index contributed by atoms with van der Waals surface area (Å²) < 4.78 is 83.0. The Morgan fingerprint density at radius 1 is 0.345 bits per heavy atom. The van der Waals surface area contributed by atoms with Gasteiger partial charge in [-0.3, -0.25) is 0 Å². The number of hydrogen-bond acceptors (Lipinski definition) is 2. The Bertz CT molecular complexity index is 3690. The lowest BCUT2D eigenvalue weighted by Crippen LogP contribution is -2.11. The molecule has 11 aromatic rings. The van der Waals surface area contributed by atoms with Crippen molar-refractivity contribution in [1.82, 2.24) is 0 Å². The van der Waals surface area contributed by atoms with Gasteiger partial charge in [0.25, 0.3) is 0 Å². The van der Waals surface area contributed by atoms with Crippen molar-refractivity contribution in [3.63, 3.8) is 0 Å². The van der Waals surface area contributed by atoms with Crippen LogP contribution < -0.4 is 4.90 Å². The fraction of sp³-hybridized carbons (Fsp3) is 0. The highest BCUT2D eigenvalue weighted by Crippen LogP contribution is 2.46. The Kier molecular flexibility index (Phi) is 6.38. The molecule has 0 saturated carbocycles. The van der Waals surface area contributed by atoms with E-state index in [1.807, 2.05) is 103 Å². The van der Waals surface area contributed by atoms with E-state index in [1.54, 1.807) is 48.5 Å². The third-order valence-corrected chi connectivity index (χ3v) is 10.8. The van der Waals surface area contributed by atoms with E-state index in [4.69, 9.17) is 4.42 Å². The van der Waals surface area contributed by atoms with Crippen LogP contribution in [-0.2, 0) is 0 Å². The van der Waals surface area contributed by atoms with E-state index in [9.17, 15) is 11.0 Å². The summed E-state index contributed by atoms with van der Waals surface area (Å²) in [5.74, 6) is 0. The van der Waals surface area contributed by atoms with Gasteiger partial charge in [-0.15, -0.1) is 0 Å². The average Bonchev–Trinajstić information content (AvgIpc) is 3.72. The monoisotopic (exact) mass is 747 g/mol. The number of fused-ring (bicyclic) bond motifs is 5. The second-order valence-corrected chi connectivity index (χ2v) is 14.2. The predicted octanol–water partition coefficient (Wildman–Crippen LogP) is 16.0. The van der Waals surface area contributed by atoms with Gasteiger partial charge in [-0.2, -0.15) is 0 Å². The molecule has 10 aromatic carbocycles. The first-order valence-electron chi connectivity index (χ1n) is 23.2. The second kappa shape index (κ2) is 14.1. The molecule has 0 atom stereocenters. The Morgan fingerprint density at radius 3 is 1.62 bits per heavy atom. The fourth-order valence-electron chi connectivity index (χ4n) is 8.01. The van der Waals surface area contributed by atoms with E-state index in [-0.39, 0.29) is 46.7 Å². The third kappa shape index (κ3) is 5.91. The van der Waals surface area contributed by atoms with E-state index >= 15 is 0 Å². The summed E-state index contributed by atoms with van der Waals surface area (Å²) in [4.78, 5) is 1.38. The lowest BCUT2D eigenvalue weighted by Gasteiger charge is -2.28. The molecule has 0 aliphatic carbocycles. The Labute approximate surface area is 348 Å². The number of rotatable bonds is 7. The van der Waals surface area contributed by atoms with E-state index in [1.165, 1.54) is 4.90 Å². The zero-order chi connectivity index (χ0) is 45.4. The molecule has 0 saturated heterocycles. The number of hydrogen-bond donors (Lipinski definition) is 0. The van der Waals surface area contributed by atoms with Gasteiger partial charge >= 0.3 is 0 Å². The maximum absolute atomic E-state index is 9.75. The van der Waals surface area contributed by atoms with Crippen molar-refractivity contribution in [2.75, 3.05) is 4.90 Å². The molecule has 272 valence electrons. The van der Waals surface area contributed by atoms with Crippen molar-refractivity contribution in [1.29, 1.82) is 0 Å². The van der Waals surface area contributed by atoms with Crippen LogP contribution in [0, 0.1) is 0 Å². The van der Waals surface area contributed by atoms with E-state index < -0.39 is 24.2 Å². The van der Waals surface area contributed by atoms with Crippen LogP contribution >= 0.6 is 0 Å². The normalized spacial score (nSPS) is 13.4. The summed E-state index contributed by atoms with van der Waals surface area (Å²) >= 11 is 0. The smallest absolute Gasteiger partial charge is 0.136 e. The van der Waals surface area contributed by atoms with Crippen LogP contribution in [0.15, 0.2) is 229 Å². The molecule has 0 radical (unpaired) electrons. The van der Waals surface area contributed by atoms with Crippen LogP contribution in [0.4, 0.5) is 17.1 Å². The van der Waals surface area contributed by atoms with E-state index in [0.29, 0.717) is 33.5 Å². The van der Waals surface area contributed by atoms with Gasteiger partial charge in [-0.1, -0.05) is 176 Å². The van der Waals surface area contributed by atoms with Gasteiger partial charge in [0, 0.05) is 27.7 Å². The number of furan rings is 1. The van der Waals surface area contributed by atoms with E-state index in [0.717, 1.165) is 49.0 Å². The summed E-state index contributed by atoms with van der Waals surface area (Å²) in [5.41, 5.74) is 5.60. The molecular formula is C56H37NO. The van der Waals surface area contributed by atoms with Crippen LogP contribution in [0.2, 0.25) is 0 Å². The highest BCUT2D eigenvalue weighted by atomic mass is 16.3. The van der Waals surface area contributed by atoms with Crippen molar-refractivity contribution in [3.05, 3.63) is 224 Å². The summed E-state index contributed by atoms with van der Waals surface area (Å²) in [6.45, 7) is 0. The van der Waals surface area contributed by atoms with Crippen LogP contribution in [0.3, 0.4) is 0 Å². The molecule has 0 bridgehead atoms. The van der Waals surface area contributed by atoms with Gasteiger partial charge in [0.2, 0.25) is 0 Å². The molecule has 0 N–H and O–H groups in total. The molecule has 2 nitrogen and oxygen atoms in total. The summed E-state index contributed by atoms with van der Waals surface area (Å²) in [5, 5.41) is 5.88. The molecule has 11 rings (SSSR count). The molecule has 1 heterocycles. The van der Waals surface area contributed by atoms with Crippen LogP contribution in [0.1, 0.15) is 11.0 Å². The fourth-order valence-corrected chi connectivity index (χ4v) is 8.01. The highest BCUT2D eigenvalue weighted by molar-refractivity contribution is 6.16. The largest absolute Gasteiger partial charge is 0.456 e. The molecule has 0 fully saturated rings. The minimum atomic E-state index is -0.415. The molecule has 1 aromatic heterocycles. The van der Waals surface area contributed by atoms with Crippen LogP contribution in [0.25, 0.3) is 88.0 Å². The quantitative estimate of drug-likeness (QED) is 0.161. The Morgan fingerprint density at radius 2 is 0.879 bits per heavy atom. The van der Waals surface area contributed by atoms with Gasteiger partial charge in [0.05, 0.1) is 16.7 Å². The van der Waals surface area contributed by atoms with Crippen molar-refractivity contribution >= 4 is 60.5 Å². The zero-order valence-corrected chi connectivity index (χ0v) is 31.1. The SMILES string of the molecule is [2H]c1c([2H])c(N(c2ccccc2-c2cccc3oc4cc5ccccc5cc4c23)c2c([2H])c([2H])c(-c3ccc(-c4cccc5ccccc45)cc3)c([2H])c2[2H])c([2H])c([2H])c1-c1ccccc1. The second-order valence-electron chi connectivity index (χ2n) is 14.2. The maximum Gasteiger partial charge on any atom is 0.136 e. The molecule has 0 aliphatic rings. The molecule has 0 spiro atoms. The maximum atomic E-state index is 9.75. The van der Waals surface area contributed by atoms with Crippen molar-refractivity contribution in [2.24, 2.45) is 0 Å². The van der Waals surface area contributed by atoms with Crippen LogP contribution in [-0.4, -0.2) is 0 Å². The van der Waals surface area contributed by atoms with Gasteiger partial charge in [0.15, 0.2) is 0 Å². The first-order valence-corrected chi connectivity index (χ1v) is 19.2. The van der Waals surface area contributed by atoms with Gasteiger partial charge in [0.1, 0.15) is 11.2 Å². The Hall–Kier alpha value is -7.68. The molecule has 2 heteroatoms. The minimum Gasteiger partial charge on any atom is -0.456 e. The molecular weight excluding hydrogens is 703 g/mol. The number of anilines is 3. The lowest BCUT2D eigenvalue weighted by molar-refractivity contribution is 0.669. The zero-order valence-electron chi connectivity index (χ0n) is 39.1. The van der Waals surface area contributed by atoms with Gasteiger partial charge in [-0.05, 0) is 109 Å². The molecule has 58 heavy (non-hydrogen) atoms. The minimum absolute atomic E-state index is 0.0901. The van der Waals surface area contributed by atoms with E-state index in [2.05, 4.69) is 24.3 Å². The van der Waals surface area contributed by atoms with Crippen LogP contribution in [0.5, 0.6) is 0 Å². The molecule has 0 amide bonds. The number of benzene rings is 10. The summed E-state index contributed by atoms with van der Waals surface area (Å²) in [6.07, 6.45) is 0. The summed E-state index contributed by atoms with van der Waals surface area (Å²) in [7, 11) is 0. The molecule has 0 aliphatic heterocycles. The van der Waals surface area contributed by atoms with Gasteiger partial charge < -0.3 is 9.32 Å². The van der Waals surface area contributed by atoms with Crippen molar-refractivity contribution < 1.29 is 15.4 Å². The van der Waals surface area contributed by atoms with Gasteiger partial charge in [-0.25, -0.2) is 0 Å². The Balaban J connectivity index is 1.15. The first-order chi connectivity index (χ1) is 32.1.